The summed E-state index contributed by atoms with van der Waals surface area (Å²) in [5.41, 5.74) is 3.11. The Morgan fingerprint density at radius 3 is 3.05 bits per heavy atom. The number of rotatable bonds is 2. The molecule has 110 valence electrons. The molecule has 0 atom stereocenters. The van der Waals surface area contributed by atoms with E-state index >= 15 is 0 Å². The Labute approximate surface area is 126 Å². The van der Waals surface area contributed by atoms with Gasteiger partial charge in [0.25, 0.3) is 5.78 Å². The van der Waals surface area contributed by atoms with Gasteiger partial charge in [-0.15, -0.1) is 0 Å². The molecule has 2 aromatic heterocycles. The Bertz CT molecular complexity index is 885. The fourth-order valence-electron chi connectivity index (χ4n) is 2.94. The van der Waals surface area contributed by atoms with Gasteiger partial charge in [0.05, 0.1) is 24.1 Å². The van der Waals surface area contributed by atoms with Gasteiger partial charge in [0.15, 0.2) is 5.78 Å². The number of methoxy groups -OCH3 is 1. The van der Waals surface area contributed by atoms with E-state index in [0.29, 0.717) is 17.8 Å². The molecule has 6 heteroatoms. The van der Waals surface area contributed by atoms with E-state index in [9.17, 15) is 4.79 Å². The van der Waals surface area contributed by atoms with Gasteiger partial charge in [-0.3, -0.25) is 4.79 Å². The van der Waals surface area contributed by atoms with Crippen LogP contribution < -0.4 is 4.74 Å². The number of ether oxygens (including phenoxy) is 1. The minimum Gasteiger partial charge on any atom is -0.497 e. The maximum atomic E-state index is 12.5. The molecule has 0 fully saturated rings. The van der Waals surface area contributed by atoms with Crippen LogP contribution >= 0.6 is 0 Å². The quantitative estimate of drug-likeness (QED) is 0.725. The van der Waals surface area contributed by atoms with Crippen molar-refractivity contribution >= 4 is 11.6 Å². The summed E-state index contributed by atoms with van der Waals surface area (Å²) in [6.07, 6.45) is 3.63. The van der Waals surface area contributed by atoms with Crippen LogP contribution in [0, 0.1) is 0 Å². The molecule has 1 aliphatic carbocycles. The van der Waals surface area contributed by atoms with Crippen molar-refractivity contribution in [2.75, 3.05) is 7.11 Å². The summed E-state index contributed by atoms with van der Waals surface area (Å²) >= 11 is 0. The van der Waals surface area contributed by atoms with Gasteiger partial charge >= 0.3 is 0 Å². The predicted octanol–water partition coefficient (Wildman–Crippen LogP) is 2.32. The topological polar surface area (TPSA) is 69.4 Å². The van der Waals surface area contributed by atoms with Gasteiger partial charge in [0, 0.05) is 12.0 Å². The van der Waals surface area contributed by atoms with Gasteiger partial charge < -0.3 is 4.74 Å². The number of fused-ring (bicyclic) bond motifs is 2. The zero-order chi connectivity index (χ0) is 15.1. The van der Waals surface area contributed by atoms with Gasteiger partial charge in [-0.05, 0) is 25.0 Å². The highest BCUT2D eigenvalue weighted by atomic mass is 16.5. The van der Waals surface area contributed by atoms with E-state index in [1.54, 1.807) is 11.6 Å². The van der Waals surface area contributed by atoms with E-state index < -0.39 is 0 Å². The third-order valence-electron chi connectivity index (χ3n) is 3.94. The molecule has 0 N–H and O–H groups in total. The van der Waals surface area contributed by atoms with Gasteiger partial charge in [-0.2, -0.15) is 14.6 Å². The van der Waals surface area contributed by atoms with E-state index in [1.165, 1.54) is 6.33 Å². The van der Waals surface area contributed by atoms with E-state index in [1.807, 2.05) is 24.3 Å². The first-order chi connectivity index (χ1) is 10.8. The Kier molecular flexibility index (Phi) is 2.89. The molecule has 4 rings (SSSR count). The Balaban J connectivity index is 2.08. The molecule has 0 saturated carbocycles. The first-order valence-electron chi connectivity index (χ1n) is 7.18. The van der Waals surface area contributed by atoms with Gasteiger partial charge in [-0.1, -0.05) is 12.1 Å². The molecule has 0 aliphatic heterocycles. The summed E-state index contributed by atoms with van der Waals surface area (Å²) in [7, 11) is 1.62. The van der Waals surface area contributed by atoms with E-state index in [0.717, 1.165) is 35.5 Å². The first kappa shape index (κ1) is 12.9. The predicted molar refractivity (Wildman–Crippen MR) is 80.0 cm³/mol. The number of hydrogen-bond acceptors (Lipinski definition) is 5. The lowest BCUT2D eigenvalue weighted by Gasteiger charge is -2.18. The van der Waals surface area contributed by atoms with Gasteiger partial charge in [0.2, 0.25) is 0 Å². The molecule has 0 unspecified atom stereocenters. The van der Waals surface area contributed by atoms with E-state index in [2.05, 4.69) is 15.1 Å². The molecule has 2 heterocycles. The fourth-order valence-corrected chi connectivity index (χ4v) is 2.94. The number of ketones is 1. The normalized spacial score (nSPS) is 14.1. The highest BCUT2D eigenvalue weighted by Crippen LogP contribution is 2.32. The second-order valence-electron chi connectivity index (χ2n) is 5.26. The number of benzene rings is 1. The van der Waals surface area contributed by atoms with Crippen molar-refractivity contribution in [3.8, 4) is 17.0 Å². The van der Waals surface area contributed by atoms with E-state index in [-0.39, 0.29) is 5.78 Å². The molecule has 0 spiro atoms. The monoisotopic (exact) mass is 294 g/mol. The SMILES string of the molecule is COc1cccc(-c2c3c(nc4ncnn24)CCCC3=O)c1. The average molecular weight is 294 g/mol. The number of nitrogens with zero attached hydrogens (tertiary/aromatic N) is 4. The highest BCUT2D eigenvalue weighted by molar-refractivity contribution is 6.03. The van der Waals surface area contributed by atoms with Crippen molar-refractivity contribution in [3.05, 3.63) is 41.9 Å². The van der Waals surface area contributed by atoms with Crippen LogP contribution in [0.2, 0.25) is 0 Å². The minimum absolute atomic E-state index is 0.115. The smallest absolute Gasteiger partial charge is 0.252 e. The molecule has 0 radical (unpaired) electrons. The Morgan fingerprint density at radius 2 is 2.18 bits per heavy atom. The van der Waals surface area contributed by atoms with Crippen LogP contribution in [0.4, 0.5) is 0 Å². The summed E-state index contributed by atoms with van der Waals surface area (Å²) in [4.78, 5) is 21.1. The summed E-state index contributed by atoms with van der Waals surface area (Å²) in [5.74, 6) is 1.37. The molecule has 1 aliphatic rings. The minimum atomic E-state index is 0.115. The van der Waals surface area contributed by atoms with Crippen molar-refractivity contribution in [2.45, 2.75) is 19.3 Å². The van der Waals surface area contributed by atoms with Crippen LogP contribution in [0.25, 0.3) is 17.0 Å². The average Bonchev–Trinajstić information content (AvgIpc) is 3.01. The van der Waals surface area contributed by atoms with Crippen molar-refractivity contribution < 1.29 is 9.53 Å². The third-order valence-corrected chi connectivity index (χ3v) is 3.94. The number of aryl methyl sites for hydroxylation is 1. The third kappa shape index (κ3) is 1.88. The molecular formula is C16H14N4O2. The lowest BCUT2D eigenvalue weighted by molar-refractivity contribution is 0.0971. The van der Waals surface area contributed by atoms with Gasteiger partial charge in [-0.25, -0.2) is 4.98 Å². The van der Waals surface area contributed by atoms with Gasteiger partial charge in [0.1, 0.15) is 12.1 Å². The maximum Gasteiger partial charge on any atom is 0.252 e. The van der Waals surface area contributed by atoms with Crippen LogP contribution in [0.3, 0.4) is 0 Å². The molecule has 0 amide bonds. The lowest BCUT2D eigenvalue weighted by Crippen LogP contribution is -2.17. The van der Waals surface area contributed by atoms with Crippen LogP contribution in [-0.2, 0) is 6.42 Å². The number of hydrogen-bond donors (Lipinski definition) is 0. The largest absolute Gasteiger partial charge is 0.497 e. The zero-order valence-corrected chi connectivity index (χ0v) is 12.1. The van der Waals surface area contributed by atoms with Crippen molar-refractivity contribution in [1.29, 1.82) is 0 Å². The Morgan fingerprint density at radius 1 is 1.27 bits per heavy atom. The second kappa shape index (κ2) is 4.91. The highest BCUT2D eigenvalue weighted by Gasteiger charge is 2.26. The van der Waals surface area contributed by atoms with Crippen LogP contribution in [0.1, 0.15) is 28.9 Å². The fraction of sp³-hybridized carbons (Fsp3) is 0.250. The number of Topliss-reactive ketones (excluding diaryl/α,β-unsaturated/α-hetero) is 1. The number of carbonyl (C=O) groups excluding carboxylic acids is 1. The van der Waals surface area contributed by atoms with Crippen molar-refractivity contribution in [1.82, 2.24) is 19.6 Å². The number of carbonyl (C=O) groups is 1. The summed E-state index contributed by atoms with van der Waals surface area (Å²) in [6.45, 7) is 0. The standard InChI is InChI=1S/C16H14N4O2/c1-22-11-5-2-4-10(8-11)15-14-12(6-3-7-13(14)21)19-16-17-9-18-20(15)16/h2,4-5,8-9H,3,6-7H2,1H3. The van der Waals surface area contributed by atoms with Crippen LogP contribution in [0.15, 0.2) is 30.6 Å². The second-order valence-corrected chi connectivity index (χ2v) is 5.26. The van der Waals surface area contributed by atoms with Crippen molar-refractivity contribution in [2.24, 2.45) is 0 Å². The lowest BCUT2D eigenvalue weighted by atomic mass is 9.91. The first-order valence-corrected chi connectivity index (χ1v) is 7.18. The number of aromatic nitrogens is 4. The van der Waals surface area contributed by atoms with Crippen LogP contribution in [-0.4, -0.2) is 32.5 Å². The maximum absolute atomic E-state index is 12.5. The zero-order valence-electron chi connectivity index (χ0n) is 12.1. The molecular weight excluding hydrogens is 280 g/mol. The summed E-state index contributed by atoms with van der Waals surface area (Å²) < 4.78 is 6.93. The summed E-state index contributed by atoms with van der Waals surface area (Å²) in [5, 5.41) is 4.24. The molecule has 0 bridgehead atoms. The van der Waals surface area contributed by atoms with Crippen LogP contribution in [0.5, 0.6) is 5.75 Å². The Hall–Kier alpha value is -2.76. The van der Waals surface area contributed by atoms with E-state index in [4.69, 9.17) is 4.74 Å². The molecule has 0 saturated heterocycles. The molecule has 1 aromatic carbocycles. The van der Waals surface area contributed by atoms with Crippen molar-refractivity contribution in [3.63, 3.8) is 0 Å². The molecule has 3 aromatic rings. The molecule has 6 nitrogen and oxygen atoms in total. The summed E-state index contributed by atoms with van der Waals surface area (Å²) in [6, 6.07) is 7.62. The molecule has 22 heavy (non-hydrogen) atoms.